The SMILES string of the molecule is CS(=O)CC(=O)CNC(=O)OCc1ccccc1. The molecule has 6 heteroatoms. The predicted molar refractivity (Wildman–Crippen MR) is 68.6 cm³/mol. The number of nitrogens with one attached hydrogen (secondary N) is 1. The summed E-state index contributed by atoms with van der Waals surface area (Å²) in [6.45, 7) is -0.00618. The number of hydrogen-bond acceptors (Lipinski definition) is 4. The number of rotatable bonds is 6. The van der Waals surface area contributed by atoms with E-state index in [0.29, 0.717) is 0 Å². The molecular formula is C12H15NO4S. The van der Waals surface area contributed by atoms with E-state index in [4.69, 9.17) is 4.74 Å². The quantitative estimate of drug-likeness (QED) is 0.831. The summed E-state index contributed by atoms with van der Waals surface area (Å²) < 4.78 is 15.7. The maximum absolute atomic E-state index is 11.2. The third kappa shape index (κ3) is 6.15. The zero-order valence-electron chi connectivity index (χ0n) is 10.0. The smallest absolute Gasteiger partial charge is 0.407 e. The first-order valence-corrected chi connectivity index (χ1v) is 7.07. The van der Waals surface area contributed by atoms with E-state index in [1.54, 1.807) is 0 Å². The lowest BCUT2D eigenvalue weighted by atomic mass is 10.2. The first-order valence-electron chi connectivity index (χ1n) is 5.34. The molecule has 0 aliphatic heterocycles. The van der Waals surface area contributed by atoms with Crippen molar-refractivity contribution in [2.45, 2.75) is 6.61 Å². The molecule has 5 nitrogen and oxygen atoms in total. The lowest BCUT2D eigenvalue weighted by Crippen LogP contribution is -2.32. The summed E-state index contributed by atoms with van der Waals surface area (Å²) in [6.07, 6.45) is 0.778. The molecule has 1 aromatic rings. The van der Waals surface area contributed by atoms with Gasteiger partial charge in [-0.05, 0) is 5.56 Å². The summed E-state index contributed by atoms with van der Waals surface area (Å²) in [5, 5.41) is 2.31. The minimum absolute atomic E-state index is 0.0566. The van der Waals surface area contributed by atoms with Crippen LogP contribution in [-0.2, 0) is 26.9 Å². The van der Waals surface area contributed by atoms with E-state index in [0.717, 1.165) is 5.56 Å². The molecule has 0 aliphatic carbocycles. The van der Waals surface area contributed by atoms with Crippen LogP contribution in [-0.4, -0.2) is 34.6 Å². The lowest BCUT2D eigenvalue weighted by molar-refractivity contribution is -0.115. The Morgan fingerprint density at radius 2 is 1.94 bits per heavy atom. The summed E-state index contributed by atoms with van der Waals surface area (Å²) in [7, 11) is -1.19. The molecule has 0 spiro atoms. The van der Waals surface area contributed by atoms with Gasteiger partial charge in [0.2, 0.25) is 0 Å². The second-order valence-electron chi connectivity index (χ2n) is 3.67. The van der Waals surface area contributed by atoms with Gasteiger partial charge in [-0.15, -0.1) is 0 Å². The number of amides is 1. The molecule has 1 N–H and O–H groups in total. The van der Waals surface area contributed by atoms with Gasteiger partial charge >= 0.3 is 6.09 Å². The number of ether oxygens (including phenoxy) is 1. The van der Waals surface area contributed by atoms with Crippen LogP contribution in [0.3, 0.4) is 0 Å². The van der Waals surface area contributed by atoms with Crippen LogP contribution in [0.1, 0.15) is 5.56 Å². The molecule has 0 saturated heterocycles. The van der Waals surface area contributed by atoms with Crippen molar-refractivity contribution in [3.8, 4) is 0 Å². The third-order valence-corrected chi connectivity index (χ3v) is 2.74. The molecule has 0 bridgehead atoms. The topological polar surface area (TPSA) is 72.5 Å². The van der Waals surface area contributed by atoms with Crippen molar-refractivity contribution in [1.82, 2.24) is 5.32 Å². The molecule has 0 aromatic heterocycles. The van der Waals surface area contributed by atoms with Gasteiger partial charge in [0.05, 0.1) is 12.3 Å². The highest BCUT2D eigenvalue weighted by Gasteiger charge is 2.07. The summed E-state index contributed by atoms with van der Waals surface area (Å²) in [5.74, 6) is -0.341. The van der Waals surface area contributed by atoms with Gasteiger partial charge in [-0.3, -0.25) is 9.00 Å². The van der Waals surface area contributed by atoms with E-state index in [1.807, 2.05) is 30.3 Å². The number of ketones is 1. The molecule has 18 heavy (non-hydrogen) atoms. The van der Waals surface area contributed by atoms with Crippen molar-refractivity contribution in [3.63, 3.8) is 0 Å². The highest BCUT2D eigenvalue weighted by Crippen LogP contribution is 2.00. The maximum Gasteiger partial charge on any atom is 0.407 e. The zero-order chi connectivity index (χ0) is 13.4. The van der Waals surface area contributed by atoms with E-state index >= 15 is 0 Å². The molecule has 1 rings (SSSR count). The normalized spacial score (nSPS) is 11.6. The van der Waals surface area contributed by atoms with Gasteiger partial charge in [0.25, 0.3) is 0 Å². The maximum atomic E-state index is 11.2. The van der Waals surface area contributed by atoms with Crippen LogP contribution in [0.4, 0.5) is 4.79 Å². The fraction of sp³-hybridized carbons (Fsp3) is 0.333. The van der Waals surface area contributed by atoms with Crippen LogP contribution in [0.15, 0.2) is 30.3 Å². The Balaban J connectivity index is 2.22. The van der Waals surface area contributed by atoms with E-state index in [9.17, 15) is 13.8 Å². The first kappa shape index (κ1) is 14.4. The minimum atomic E-state index is -1.19. The molecule has 0 heterocycles. The third-order valence-electron chi connectivity index (χ3n) is 2.01. The lowest BCUT2D eigenvalue weighted by Gasteiger charge is -2.06. The molecule has 1 atom stereocenters. The standard InChI is InChI=1S/C12H15NO4S/c1-18(16)9-11(14)7-13-12(15)17-8-10-5-3-2-4-6-10/h2-6H,7-9H2,1H3,(H,13,15). The minimum Gasteiger partial charge on any atom is -0.445 e. The van der Waals surface area contributed by atoms with Gasteiger partial charge in [-0.2, -0.15) is 0 Å². The predicted octanol–water partition coefficient (Wildman–Crippen LogP) is 0.860. The molecule has 1 unspecified atom stereocenters. The molecular weight excluding hydrogens is 254 g/mol. The van der Waals surface area contributed by atoms with Crippen molar-refractivity contribution >= 4 is 22.7 Å². The number of carbonyl (C=O) groups excluding carboxylic acids is 2. The van der Waals surface area contributed by atoms with E-state index in [2.05, 4.69) is 5.32 Å². The summed E-state index contributed by atoms with van der Waals surface area (Å²) in [4.78, 5) is 22.4. The van der Waals surface area contributed by atoms with Crippen molar-refractivity contribution in [2.24, 2.45) is 0 Å². The van der Waals surface area contributed by atoms with Crippen LogP contribution in [0.25, 0.3) is 0 Å². The van der Waals surface area contributed by atoms with Crippen molar-refractivity contribution in [1.29, 1.82) is 0 Å². The Bertz CT molecular complexity index is 433. The highest BCUT2D eigenvalue weighted by molar-refractivity contribution is 7.85. The summed E-state index contributed by atoms with van der Waals surface area (Å²) in [6, 6.07) is 9.22. The molecule has 0 fully saturated rings. The van der Waals surface area contributed by atoms with E-state index in [-0.39, 0.29) is 24.7 Å². The van der Waals surface area contributed by atoms with Crippen LogP contribution in [0.2, 0.25) is 0 Å². The molecule has 0 radical (unpaired) electrons. The number of carbonyl (C=O) groups is 2. The number of benzene rings is 1. The highest BCUT2D eigenvalue weighted by atomic mass is 32.2. The number of hydrogen-bond donors (Lipinski definition) is 1. The molecule has 0 saturated carbocycles. The Labute approximate surface area is 108 Å². The van der Waals surface area contributed by atoms with Crippen molar-refractivity contribution in [3.05, 3.63) is 35.9 Å². The Morgan fingerprint density at radius 1 is 1.28 bits per heavy atom. The van der Waals surface area contributed by atoms with Gasteiger partial charge in [-0.25, -0.2) is 4.79 Å². The molecule has 1 aromatic carbocycles. The largest absolute Gasteiger partial charge is 0.445 e. The average molecular weight is 269 g/mol. The van der Waals surface area contributed by atoms with Gasteiger partial charge in [-0.1, -0.05) is 30.3 Å². The summed E-state index contributed by atoms with van der Waals surface area (Å²) in [5.41, 5.74) is 0.869. The molecule has 1 amide bonds. The Hall–Kier alpha value is -1.69. The molecule has 0 aliphatic rings. The Morgan fingerprint density at radius 3 is 2.56 bits per heavy atom. The second kappa shape index (κ2) is 7.60. The second-order valence-corrected chi connectivity index (χ2v) is 5.11. The molecule has 98 valence electrons. The van der Waals surface area contributed by atoms with E-state index in [1.165, 1.54) is 6.26 Å². The summed E-state index contributed by atoms with van der Waals surface area (Å²) >= 11 is 0. The number of alkyl carbamates (subject to hydrolysis) is 1. The van der Waals surface area contributed by atoms with Gasteiger partial charge in [0.1, 0.15) is 6.61 Å². The zero-order valence-corrected chi connectivity index (χ0v) is 10.9. The monoisotopic (exact) mass is 269 g/mol. The van der Waals surface area contributed by atoms with Gasteiger partial charge in [0.15, 0.2) is 5.78 Å². The van der Waals surface area contributed by atoms with Crippen LogP contribution in [0, 0.1) is 0 Å². The average Bonchev–Trinajstić information content (AvgIpc) is 2.34. The number of Topliss-reactive ketones (excluding diaryl/α,β-unsaturated/α-hetero) is 1. The fourth-order valence-electron chi connectivity index (χ4n) is 1.22. The fourth-order valence-corrected chi connectivity index (χ4v) is 1.78. The van der Waals surface area contributed by atoms with Gasteiger partial charge in [0, 0.05) is 17.1 Å². The van der Waals surface area contributed by atoms with Crippen LogP contribution in [0.5, 0.6) is 0 Å². The van der Waals surface area contributed by atoms with Crippen molar-refractivity contribution < 1.29 is 18.5 Å². The Kier molecular flexibility index (Phi) is 6.07. The van der Waals surface area contributed by atoms with Crippen LogP contribution >= 0.6 is 0 Å². The van der Waals surface area contributed by atoms with E-state index < -0.39 is 16.9 Å². The first-order chi connectivity index (χ1) is 8.58. The van der Waals surface area contributed by atoms with Gasteiger partial charge < -0.3 is 10.1 Å². The van der Waals surface area contributed by atoms with Crippen LogP contribution < -0.4 is 5.32 Å². The van der Waals surface area contributed by atoms with Crippen molar-refractivity contribution in [2.75, 3.05) is 18.6 Å².